The first-order valence-electron chi connectivity index (χ1n) is 8.11. The summed E-state index contributed by atoms with van der Waals surface area (Å²) in [6, 6.07) is 5.95. The number of hydrogen-bond acceptors (Lipinski definition) is 5. The van der Waals surface area contributed by atoms with Crippen LogP contribution < -0.4 is 0 Å². The lowest BCUT2D eigenvalue weighted by atomic mass is 10.0. The molecule has 1 unspecified atom stereocenters. The molecule has 0 bridgehead atoms. The third kappa shape index (κ3) is 3.74. The molecule has 6 nitrogen and oxygen atoms in total. The number of halogens is 1. The second-order valence-electron chi connectivity index (χ2n) is 7.11. The molecule has 7 heteroatoms. The lowest BCUT2D eigenvalue weighted by Gasteiger charge is -2.24. The lowest BCUT2D eigenvalue weighted by molar-refractivity contribution is 0.0292. The van der Waals surface area contributed by atoms with Gasteiger partial charge in [0.1, 0.15) is 17.2 Å². The number of pyridine rings is 2. The highest BCUT2D eigenvalue weighted by Crippen LogP contribution is 2.30. The van der Waals surface area contributed by atoms with E-state index in [0.717, 1.165) is 17.6 Å². The van der Waals surface area contributed by atoms with Gasteiger partial charge in [0.25, 0.3) is 0 Å². The number of carbonyl (C=O) groups excluding carboxylic acids is 1. The van der Waals surface area contributed by atoms with E-state index in [1.54, 1.807) is 4.90 Å². The van der Waals surface area contributed by atoms with Gasteiger partial charge in [-0.1, -0.05) is 0 Å². The molecule has 1 atom stereocenters. The Bertz CT molecular complexity index is 870. The van der Waals surface area contributed by atoms with Crippen molar-refractivity contribution in [2.24, 2.45) is 0 Å². The van der Waals surface area contributed by atoms with Crippen molar-refractivity contribution in [2.75, 3.05) is 13.1 Å². The molecule has 1 aliphatic rings. The molecule has 2 aromatic rings. The maximum absolute atomic E-state index is 12.2. The van der Waals surface area contributed by atoms with E-state index in [1.807, 2.05) is 32.9 Å². The first-order chi connectivity index (χ1) is 11.8. The van der Waals surface area contributed by atoms with Gasteiger partial charge in [-0.3, -0.25) is 4.98 Å². The summed E-state index contributed by atoms with van der Waals surface area (Å²) in [4.78, 5) is 22.9. The lowest BCUT2D eigenvalue weighted by Crippen LogP contribution is -2.35. The monoisotopic (exact) mass is 402 g/mol. The van der Waals surface area contributed by atoms with E-state index in [2.05, 4.69) is 27.0 Å². The molecule has 0 N–H and O–H groups in total. The highest BCUT2D eigenvalue weighted by molar-refractivity contribution is 9.10. The average molecular weight is 403 g/mol. The average Bonchev–Trinajstić information content (AvgIpc) is 3.04. The second kappa shape index (κ2) is 6.60. The zero-order valence-electron chi connectivity index (χ0n) is 14.4. The van der Waals surface area contributed by atoms with Gasteiger partial charge in [0.15, 0.2) is 0 Å². The zero-order valence-corrected chi connectivity index (χ0v) is 16.0. The van der Waals surface area contributed by atoms with Crippen molar-refractivity contribution in [1.29, 1.82) is 5.26 Å². The van der Waals surface area contributed by atoms with Crippen molar-refractivity contribution in [3.8, 4) is 6.07 Å². The minimum atomic E-state index is -0.499. The molecule has 0 spiro atoms. The Morgan fingerprint density at radius 1 is 1.44 bits per heavy atom. The molecule has 0 aromatic carbocycles. The Balaban J connectivity index is 1.82. The summed E-state index contributed by atoms with van der Waals surface area (Å²) in [5, 5.41) is 9.14. The third-order valence-electron chi connectivity index (χ3n) is 4.05. The third-order valence-corrected chi connectivity index (χ3v) is 4.85. The Kier molecular flexibility index (Phi) is 4.65. The van der Waals surface area contributed by atoms with Gasteiger partial charge in [-0.2, -0.15) is 5.26 Å². The smallest absolute Gasteiger partial charge is 0.410 e. The molecule has 0 saturated carbocycles. The molecule has 1 amide bonds. The maximum Gasteiger partial charge on any atom is 0.410 e. The van der Waals surface area contributed by atoms with Crippen LogP contribution in [0, 0.1) is 11.3 Å². The predicted octanol–water partition coefficient (Wildman–Crippen LogP) is 3.99. The zero-order chi connectivity index (χ0) is 18.2. The number of nitrogens with zero attached hydrogens (tertiary/aromatic N) is 4. The van der Waals surface area contributed by atoms with Crippen molar-refractivity contribution in [3.05, 3.63) is 34.1 Å². The van der Waals surface area contributed by atoms with Crippen LogP contribution in [0.4, 0.5) is 4.79 Å². The van der Waals surface area contributed by atoms with Gasteiger partial charge in [0, 0.05) is 30.9 Å². The van der Waals surface area contributed by atoms with Crippen LogP contribution in [0.2, 0.25) is 0 Å². The van der Waals surface area contributed by atoms with Crippen LogP contribution >= 0.6 is 15.9 Å². The summed E-state index contributed by atoms with van der Waals surface area (Å²) in [7, 11) is 0. The maximum atomic E-state index is 12.2. The van der Waals surface area contributed by atoms with E-state index in [9.17, 15) is 4.79 Å². The summed E-state index contributed by atoms with van der Waals surface area (Å²) in [6.07, 6.45) is 2.08. The highest BCUT2D eigenvalue weighted by atomic mass is 79.9. The van der Waals surface area contributed by atoms with Crippen molar-refractivity contribution in [2.45, 2.75) is 38.7 Å². The van der Waals surface area contributed by atoms with Crippen molar-refractivity contribution < 1.29 is 9.53 Å². The Morgan fingerprint density at radius 2 is 2.20 bits per heavy atom. The quantitative estimate of drug-likeness (QED) is 0.720. The van der Waals surface area contributed by atoms with E-state index < -0.39 is 5.60 Å². The normalized spacial score (nSPS) is 17.6. The van der Waals surface area contributed by atoms with Gasteiger partial charge in [0.05, 0.1) is 15.6 Å². The largest absolute Gasteiger partial charge is 0.444 e. The fraction of sp³-hybridized carbons (Fsp3) is 0.444. The van der Waals surface area contributed by atoms with Gasteiger partial charge >= 0.3 is 6.09 Å². The number of likely N-dealkylation sites (tertiary alicyclic amines) is 1. The van der Waals surface area contributed by atoms with Crippen LogP contribution in [0.3, 0.4) is 0 Å². The Hall–Kier alpha value is -2.20. The van der Waals surface area contributed by atoms with Crippen molar-refractivity contribution >= 4 is 33.1 Å². The molecular formula is C18H19BrN4O2. The fourth-order valence-corrected chi connectivity index (χ4v) is 3.33. The van der Waals surface area contributed by atoms with Crippen LogP contribution in [-0.2, 0) is 4.74 Å². The molecule has 130 valence electrons. The Labute approximate surface area is 154 Å². The van der Waals surface area contributed by atoms with E-state index in [0.29, 0.717) is 28.6 Å². The summed E-state index contributed by atoms with van der Waals surface area (Å²) < 4.78 is 6.09. The molecule has 3 heterocycles. The number of carbonyl (C=O) groups is 1. The number of nitriles is 1. The standard InChI is InChI=1S/C18H19BrN4O2/c1-18(2,3)25-17(24)23-7-6-11(10-23)13-4-5-14-16(22-13)15(19)12(8-20)9-21-14/h4-5,9,11H,6-7,10H2,1-3H3. The van der Waals surface area contributed by atoms with E-state index in [4.69, 9.17) is 15.0 Å². The van der Waals surface area contributed by atoms with Crippen LogP contribution in [0.5, 0.6) is 0 Å². The van der Waals surface area contributed by atoms with E-state index >= 15 is 0 Å². The number of hydrogen-bond donors (Lipinski definition) is 0. The molecule has 3 rings (SSSR count). The number of rotatable bonds is 1. The number of amides is 1. The SMILES string of the molecule is CC(C)(C)OC(=O)N1CCC(c2ccc3ncc(C#N)c(Br)c3n2)C1. The van der Waals surface area contributed by atoms with Crippen molar-refractivity contribution in [3.63, 3.8) is 0 Å². The number of ether oxygens (including phenoxy) is 1. The minimum Gasteiger partial charge on any atom is -0.444 e. The van der Waals surface area contributed by atoms with Crippen molar-refractivity contribution in [1.82, 2.24) is 14.9 Å². The molecule has 0 radical (unpaired) electrons. The summed E-state index contributed by atoms with van der Waals surface area (Å²) >= 11 is 3.44. The molecule has 25 heavy (non-hydrogen) atoms. The van der Waals surface area contributed by atoms with Gasteiger partial charge in [-0.25, -0.2) is 9.78 Å². The molecule has 0 aliphatic carbocycles. The van der Waals surface area contributed by atoms with Crippen LogP contribution in [0.25, 0.3) is 11.0 Å². The molecule has 2 aromatic heterocycles. The molecule has 1 aliphatic heterocycles. The van der Waals surface area contributed by atoms with Gasteiger partial charge in [-0.15, -0.1) is 0 Å². The summed E-state index contributed by atoms with van der Waals surface area (Å²) in [5.41, 5.74) is 2.26. The minimum absolute atomic E-state index is 0.148. The van der Waals surface area contributed by atoms with E-state index in [1.165, 1.54) is 6.20 Å². The van der Waals surface area contributed by atoms with Crippen LogP contribution in [0.1, 0.15) is 44.4 Å². The number of aromatic nitrogens is 2. The van der Waals surface area contributed by atoms with Gasteiger partial charge < -0.3 is 9.64 Å². The number of fused-ring (bicyclic) bond motifs is 1. The topological polar surface area (TPSA) is 79.1 Å². The van der Waals surface area contributed by atoms with Gasteiger partial charge in [-0.05, 0) is 55.3 Å². The van der Waals surface area contributed by atoms with Gasteiger partial charge in [0.2, 0.25) is 0 Å². The molecule has 1 fully saturated rings. The highest BCUT2D eigenvalue weighted by Gasteiger charge is 2.31. The predicted molar refractivity (Wildman–Crippen MR) is 97.1 cm³/mol. The molecule has 1 saturated heterocycles. The van der Waals surface area contributed by atoms with Crippen LogP contribution in [-0.4, -0.2) is 39.7 Å². The Morgan fingerprint density at radius 3 is 2.88 bits per heavy atom. The summed E-state index contributed by atoms with van der Waals surface area (Å²) in [5.74, 6) is 0.148. The second-order valence-corrected chi connectivity index (χ2v) is 7.91. The van der Waals surface area contributed by atoms with E-state index in [-0.39, 0.29) is 12.0 Å². The first-order valence-corrected chi connectivity index (χ1v) is 8.91. The van der Waals surface area contributed by atoms with Crippen LogP contribution in [0.15, 0.2) is 22.8 Å². The molecular weight excluding hydrogens is 384 g/mol. The fourth-order valence-electron chi connectivity index (χ4n) is 2.85. The summed E-state index contributed by atoms with van der Waals surface area (Å²) in [6.45, 7) is 6.81. The first kappa shape index (κ1) is 17.6.